The Hall–Kier alpha value is -2.84. The van der Waals surface area contributed by atoms with Crippen molar-refractivity contribution in [2.24, 2.45) is 0 Å². The van der Waals surface area contributed by atoms with Gasteiger partial charge in [-0.3, -0.25) is 0 Å². The van der Waals surface area contributed by atoms with Crippen molar-refractivity contribution in [3.8, 4) is 0 Å². The molecule has 0 spiro atoms. The van der Waals surface area contributed by atoms with Gasteiger partial charge >= 0.3 is 33.0 Å². The van der Waals surface area contributed by atoms with E-state index < -0.39 is 7.81 Å². The number of hydrogen-bond donors (Lipinski definition) is 0. The van der Waals surface area contributed by atoms with Crippen molar-refractivity contribution in [2.45, 2.75) is 34.3 Å². The fraction of sp³-hybridized carbons (Fsp3) is 0. The van der Waals surface area contributed by atoms with Crippen molar-refractivity contribution < 1.29 is 25.2 Å². The molecular weight excluding hydrogens is 601 g/mol. The van der Waals surface area contributed by atoms with E-state index >= 15 is 0 Å². The summed E-state index contributed by atoms with van der Waals surface area (Å²) >= 11 is 3.60. The fourth-order valence-corrected chi connectivity index (χ4v) is 7.24. The van der Waals surface area contributed by atoms with Crippen LogP contribution in [0.2, 0.25) is 0 Å². The second kappa shape index (κ2) is 12.0. The van der Waals surface area contributed by atoms with Crippen LogP contribution in [0.15, 0.2) is 174 Å². The first-order valence-electron chi connectivity index (χ1n) is 11.8. The molecule has 0 radical (unpaired) electrons. The van der Waals surface area contributed by atoms with Gasteiger partial charge in [0.05, 0.1) is 10.9 Å². The molecule has 0 unspecified atom stereocenters. The minimum atomic E-state index is -10.7. The third kappa shape index (κ3) is 11.0. The van der Waals surface area contributed by atoms with Gasteiger partial charge in [-0.15, -0.1) is 0 Å². The quantitative estimate of drug-likeness (QED) is 0.100. The first-order chi connectivity index (χ1) is 18.8. The van der Waals surface area contributed by atoms with Crippen LogP contribution in [0.1, 0.15) is 0 Å². The summed E-state index contributed by atoms with van der Waals surface area (Å²) in [6.07, 6.45) is 0. The molecule has 0 nitrogen and oxygen atoms in total. The molecule has 0 aliphatic heterocycles. The van der Waals surface area contributed by atoms with Crippen molar-refractivity contribution in [2.75, 3.05) is 0 Å². The van der Waals surface area contributed by atoms with Crippen LogP contribution in [0.3, 0.4) is 0 Å². The Labute approximate surface area is 240 Å². The van der Waals surface area contributed by atoms with Crippen LogP contribution in [0.25, 0.3) is 0 Å². The SMILES string of the molecule is F[P-](F)(F)(F)(F)F.c1ccc(Sc2ccc(Sc3ccc([S+](c4ccccc4)c4ccccc4)cc3)cc2)cc1. The minimum Gasteiger partial charge on any atom is -0.0901 e. The van der Waals surface area contributed by atoms with E-state index in [1.54, 1.807) is 11.8 Å². The summed E-state index contributed by atoms with van der Waals surface area (Å²) in [6, 6.07) is 50.0. The molecule has 0 saturated heterocycles. The summed E-state index contributed by atoms with van der Waals surface area (Å²) in [6.45, 7) is 0. The largest absolute Gasteiger partial charge is 0.166 e. The normalized spacial score (nSPS) is 13.1. The summed E-state index contributed by atoms with van der Waals surface area (Å²) < 4.78 is 59.2. The van der Waals surface area contributed by atoms with Gasteiger partial charge in [-0.2, -0.15) is 0 Å². The van der Waals surface area contributed by atoms with Crippen LogP contribution in [0.5, 0.6) is 0 Å². The van der Waals surface area contributed by atoms with Gasteiger partial charge in [0, 0.05) is 19.6 Å². The third-order valence-corrected chi connectivity index (χ3v) is 9.32. The molecule has 5 rings (SSSR count). The van der Waals surface area contributed by atoms with Crippen LogP contribution in [0, 0.1) is 0 Å². The molecular formula is C30H23F6PS3. The molecule has 0 N–H and O–H groups in total. The van der Waals surface area contributed by atoms with E-state index in [4.69, 9.17) is 0 Å². The van der Waals surface area contributed by atoms with Crippen LogP contribution in [-0.2, 0) is 10.9 Å². The van der Waals surface area contributed by atoms with Gasteiger partial charge in [0.2, 0.25) is 0 Å². The molecule has 0 bridgehead atoms. The van der Waals surface area contributed by atoms with Crippen molar-refractivity contribution in [3.63, 3.8) is 0 Å². The maximum absolute atomic E-state index is 10.7. The summed E-state index contributed by atoms with van der Waals surface area (Å²) in [7, 11) is -10.8. The average Bonchev–Trinajstić information content (AvgIpc) is 2.91. The number of rotatable bonds is 7. The van der Waals surface area contributed by atoms with Gasteiger partial charge in [0.25, 0.3) is 0 Å². The zero-order valence-corrected chi connectivity index (χ0v) is 24.1. The Kier molecular flexibility index (Phi) is 9.00. The van der Waals surface area contributed by atoms with Gasteiger partial charge in [-0.05, 0) is 84.9 Å². The van der Waals surface area contributed by atoms with Gasteiger partial charge in [-0.25, -0.2) is 0 Å². The van der Waals surface area contributed by atoms with E-state index in [0.717, 1.165) is 0 Å². The Balaban J connectivity index is 0.000000470. The van der Waals surface area contributed by atoms with E-state index in [9.17, 15) is 25.2 Å². The van der Waals surface area contributed by atoms with E-state index in [0.29, 0.717) is 0 Å². The number of hydrogen-bond acceptors (Lipinski definition) is 2. The molecule has 0 aliphatic carbocycles. The molecule has 0 fully saturated rings. The molecule has 5 aromatic rings. The molecule has 0 aromatic heterocycles. The monoisotopic (exact) mass is 624 g/mol. The summed E-state index contributed by atoms with van der Waals surface area (Å²) in [5.41, 5.74) is 0. The van der Waals surface area contributed by atoms with Crippen LogP contribution < -0.4 is 0 Å². The van der Waals surface area contributed by atoms with Crippen LogP contribution >= 0.6 is 31.3 Å². The topological polar surface area (TPSA) is 0 Å². The maximum Gasteiger partial charge on any atom is 0.166 e. The number of benzene rings is 5. The first kappa shape index (κ1) is 30.1. The summed E-state index contributed by atoms with van der Waals surface area (Å²) in [4.78, 5) is 9.06. The standard InChI is InChI=1S/C30H23S3.F6P/c1-4-10-24(11-5-1)31-25-16-18-26(19-17-25)32-27-20-22-30(23-21-27)33(28-12-6-2-7-13-28)29-14-8-3-9-15-29;1-7(2,3,4,5)6/h1-23H;/q+1;-1. The fourth-order valence-electron chi connectivity index (χ4n) is 3.50. The first-order valence-corrected chi connectivity index (χ1v) is 16.7. The average molecular weight is 625 g/mol. The molecule has 0 amide bonds. The second-order valence-corrected chi connectivity index (χ2v) is 14.6. The molecule has 0 atom stereocenters. The Morgan fingerprint density at radius 2 is 0.600 bits per heavy atom. The second-order valence-electron chi connectivity index (χ2n) is 8.35. The zero-order valence-electron chi connectivity index (χ0n) is 20.7. The summed E-state index contributed by atoms with van der Waals surface area (Å²) in [5.74, 6) is 0. The molecule has 0 aliphatic rings. The zero-order chi connectivity index (χ0) is 28.7. The Bertz CT molecular complexity index is 1450. The molecule has 0 heterocycles. The third-order valence-electron chi connectivity index (χ3n) is 5.06. The van der Waals surface area contributed by atoms with Gasteiger partial charge in [0.15, 0.2) is 14.7 Å². The van der Waals surface area contributed by atoms with E-state index in [1.165, 1.54) is 34.3 Å². The molecule has 40 heavy (non-hydrogen) atoms. The maximum atomic E-state index is 9.87. The van der Waals surface area contributed by atoms with Gasteiger partial charge in [-0.1, -0.05) is 78.1 Å². The predicted molar refractivity (Wildman–Crippen MR) is 156 cm³/mol. The summed E-state index contributed by atoms with van der Waals surface area (Å²) in [5, 5.41) is 0. The molecule has 10 heteroatoms. The minimum absolute atomic E-state index is 0.104. The van der Waals surface area contributed by atoms with Gasteiger partial charge < -0.3 is 0 Å². The molecule has 5 aromatic carbocycles. The predicted octanol–water partition coefficient (Wildman–Crippen LogP) is 12.5. The molecule has 208 valence electrons. The smallest absolute Gasteiger partial charge is 0.0901 e. The van der Waals surface area contributed by atoms with Gasteiger partial charge in [0.1, 0.15) is 0 Å². The number of halogens is 6. The van der Waals surface area contributed by atoms with E-state index in [2.05, 4.69) is 140 Å². The van der Waals surface area contributed by atoms with Crippen molar-refractivity contribution >= 4 is 42.2 Å². The Morgan fingerprint density at radius 3 is 0.950 bits per heavy atom. The van der Waals surface area contributed by atoms with E-state index in [-0.39, 0.29) is 10.9 Å². The van der Waals surface area contributed by atoms with Crippen molar-refractivity contribution in [1.82, 2.24) is 0 Å². The molecule has 0 saturated carbocycles. The van der Waals surface area contributed by atoms with Crippen LogP contribution in [0.4, 0.5) is 25.2 Å². The van der Waals surface area contributed by atoms with Crippen molar-refractivity contribution in [1.29, 1.82) is 0 Å². The van der Waals surface area contributed by atoms with Crippen LogP contribution in [-0.4, -0.2) is 0 Å². The van der Waals surface area contributed by atoms with Crippen molar-refractivity contribution in [3.05, 3.63) is 140 Å². The Morgan fingerprint density at radius 1 is 0.350 bits per heavy atom. The van der Waals surface area contributed by atoms with E-state index in [1.807, 2.05) is 11.8 Å².